The first-order valence-electron chi connectivity index (χ1n) is 13.1. The molecule has 0 spiro atoms. The molecule has 1 unspecified atom stereocenters. The number of primary amides is 1. The Morgan fingerprint density at radius 1 is 1.00 bits per heavy atom. The molecule has 0 bridgehead atoms. The summed E-state index contributed by atoms with van der Waals surface area (Å²) in [5, 5.41) is 1.19. The Morgan fingerprint density at radius 3 is 2.26 bits per heavy atom. The van der Waals surface area contributed by atoms with Crippen LogP contribution in [-0.4, -0.2) is 65.4 Å². The lowest BCUT2D eigenvalue weighted by molar-refractivity contribution is -0.141. The van der Waals surface area contributed by atoms with Crippen molar-refractivity contribution in [3.63, 3.8) is 0 Å². The molecule has 2 saturated heterocycles. The van der Waals surface area contributed by atoms with Crippen LogP contribution < -0.4 is 5.73 Å². The number of amides is 3. The Hall–Kier alpha value is -1.50. The molecule has 3 fully saturated rings. The molecule has 3 amide bonds. The minimum Gasteiger partial charge on any atom is -0.351 e. The number of nitrogens with two attached hydrogens (primary N) is 1. The predicted molar refractivity (Wildman–Crippen MR) is 142 cm³/mol. The quantitative estimate of drug-likeness (QED) is 0.530. The van der Waals surface area contributed by atoms with Crippen molar-refractivity contribution < 1.29 is 9.59 Å². The van der Waals surface area contributed by atoms with Crippen molar-refractivity contribution in [3.8, 4) is 0 Å². The van der Waals surface area contributed by atoms with Crippen LogP contribution in [0.15, 0.2) is 18.2 Å². The van der Waals surface area contributed by atoms with Gasteiger partial charge >= 0.3 is 6.03 Å². The second-order valence-corrected chi connectivity index (χ2v) is 12.6. The van der Waals surface area contributed by atoms with Gasteiger partial charge in [-0.15, -0.1) is 0 Å². The first kappa shape index (κ1) is 26.6. The minimum atomic E-state index is -0.360. The first-order chi connectivity index (χ1) is 16.5. The number of carbonyl (C=O) groups is 2. The van der Waals surface area contributed by atoms with Gasteiger partial charge in [0.15, 0.2) is 0 Å². The Kier molecular flexibility index (Phi) is 8.24. The van der Waals surface area contributed by atoms with Gasteiger partial charge in [-0.2, -0.15) is 0 Å². The molecule has 3 aliphatic rings. The van der Waals surface area contributed by atoms with Crippen molar-refractivity contribution in [2.45, 2.75) is 71.4 Å². The Labute approximate surface area is 220 Å². The second kappa shape index (κ2) is 10.9. The molecule has 6 nitrogen and oxygen atoms in total. The van der Waals surface area contributed by atoms with E-state index in [0.717, 1.165) is 44.8 Å². The zero-order valence-electron chi connectivity index (χ0n) is 21.3. The molecule has 0 aromatic heterocycles. The van der Waals surface area contributed by atoms with Gasteiger partial charge in [-0.1, -0.05) is 62.9 Å². The summed E-state index contributed by atoms with van der Waals surface area (Å²) in [6.45, 7) is 10.5. The number of rotatable bonds is 6. The topological polar surface area (TPSA) is 69.9 Å². The maximum absolute atomic E-state index is 13.5. The smallest absolute Gasteiger partial charge is 0.314 e. The fraction of sp³-hybridized carbons (Fsp3) is 0.704. The Balaban J connectivity index is 1.46. The van der Waals surface area contributed by atoms with Crippen LogP contribution in [0.5, 0.6) is 0 Å². The highest BCUT2D eigenvalue weighted by molar-refractivity contribution is 6.42. The van der Waals surface area contributed by atoms with Crippen LogP contribution >= 0.6 is 23.2 Å². The van der Waals surface area contributed by atoms with Gasteiger partial charge in [0.25, 0.3) is 0 Å². The molecule has 1 aromatic carbocycles. The van der Waals surface area contributed by atoms with E-state index >= 15 is 0 Å². The normalized spacial score (nSPS) is 23.4. The van der Waals surface area contributed by atoms with Crippen LogP contribution in [0.25, 0.3) is 0 Å². The number of halogens is 2. The van der Waals surface area contributed by atoms with Crippen molar-refractivity contribution in [3.05, 3.63) is 33.8 Å². The van der Waals surface area contributed by atoms with E-state index in [2.05, 4.69) is 36.6 Å². The molecule has 2 aliphatic heterocycles. The maximum Gasteiger partial charge on any atom is 0.314 e. The molecule has 8 heteroatoms. The fourth-order valence-electron chi connectivity index (χ4n) is 5.73. The second-order valence-electron chi connectivity index (χ2n) is 11.8. The molecule has 1 saturated carbocycles. The van der Waals surface area contributed by atoms with Gasteiger partial charge in [-0.05, 0) is 54.2 Å². The molecular weight excluding hydrogens is 483 g/mol. The number of carbonyl (C=O) groups excluding carboxylic acids is 2. The number of likely N-dealkylation sites (tertiary alicyclic amines) is 1. The average molecular weight is 524 g/mol. The number of hydrogen-bond acceptors (Lipinski definition) is 3. The Morgan fingerprint density at radius 2 is 1.69 bits per heavy atom. The van der Waals surface area contributed by atoms with E-state index in [1.807, 2.05) is 12.1 Å². The lowest BCUT2D eigenvalue weighted by Crippen LogP contribution is -2.60. The van der Waals surface area contributed by atoms with Gasteiger partial charge in [0, 0.05) is 51.2 Å². The largest absolute Gasteiger partial charge is 0.351 e. The highest BCUT2D eigenvalue weighted by Crippen LogP contribution is 2.42. The van der Waals surface area contributed by atoms with Gasteiger partial charge < -0.3 is 15.5 Å². The maximum atomic E-state index is 13.5. The summed E-state index contributed by atoms with van der Waals surface area (Å²) in [4.78, 5) is 31.4. The molecule has 194 valence electrons. The summed E-state index contributed by atoms with van der Waals surface area (Å²) >= 11 is 12.6. The van der Waals surface area contributed by atoms with Gasteiger partial charge in [0.05, 0.1) is 10.0 Å². The zero-order valence-corrected chi connectivity index (χ0v) is 22.8. The van der Waals surface area contributed by atoms with E-state index in [0.29, 0.717) is 35.5 Å². The van der Waals surface area contributed by atoms with Crippen LogP contribution in [-0.2, 0) is 4.79 Å². The summed E-state index contributed by atoms with van der Waals surface area (Å²) in [6, 6.07) is 6.12. The Bertz CT molecular complexity index is 922. The lowest BCUT2D eigenvalue weighted by atomic mass is 9.82. The summed E-state index contributed by atoms with van der Waals surface area (Å²) in [7, 11) is 0. The van der Waals surface area contributed by atoms with Gasteiger partial charge in [-0.3, -0.25) is 9.69 Å². The van der Waals surface area contributed by atoms with Crippen LogP contribution in [0.2, 0.25) is 10.0 Å². The van der Waals surface area contributed by atoms with E-state index < -0.39 is 0 Å². The monoisotopic (exact) mass is 522 g/mol. The highest BCUT2D eigenvalue weighted by Gasteiger charge is 2.41. The third kappa shape index (κ3) is 6.64. The molecular formula is C27H40Cl2N4O2. The summed E-state index contributed by atoms with van der Waals surface area (Å²) < 4.78 is 0. The van der Waals surface area contributed by atoms with E-state index in [1.165, 1.54) is 18.4 Å². The SMILES string of the molecule is CC(C)(C)[C@H]1CN(C(CC2CC2)c2ccc(Cl)c(Cl)c2)CCN1C(=O)CC1CCN(C(N)=O)CC1. The molecule has 1 aromatic rings. The molecule has 35 heavy (non-hydrogen) atoms. The molecule has 2 atom stereocenters. The lowest BCUT2D eigenvalue weighted by Gasteiger charge is -2.50. The van der Waals surface area contributed by atoms with Crippen molar-refractivity contribution in [1.82, 2.24) is 14.7 Å². The number of piperazine rings is 1. The summed E-state index contributed by atoms with van der Waals surface area (Å²) in [5.74, 6) is 1.33. The number of hydrogen-bond donors (Lipinski definition) is 1. The molecule has 1 aliphatic carbocycles. The highest BCUT2D eigenvalue weighted by atomic mass is 35.5. The number of benzene rings is 1. The third-order valence-corrected chi connectivity index (χ3v) is 8.88. The van der Waals surface area contributed by atoms with E-state index in [-0.39, 0.29) is 29.4 Å². The average Bonchev–Trinajstić information content (AvgIpc) is 3.63. The van der Waals surface area contributed by atoms with Crippen LogP contribution in [0, 0.1) is 17.3 Å². The number of piperidine rings is 1. The van der Waals surface area contributed by atoms with Crippen molar-refractivity contribution in [1.29, 1.82) is 0 Å². The number of nitrogens with zero attached hydrogens (tertiary/aromatic N) is 3. The van der Waals surface area contributed by atoms with E-state index in [4.69, 9.17) is 28.9 Å². The summed E-state index contributed by atoms with van der Waals surface area (Å²) in [5.41, 5.74) is 6.60. The molecule has 2 N–H and O–H groups in total. The van der Waals surface area contributed by atoms with Crippen molar-refractivity contribution in [2.24, 2.45) is 23.0 Å². The van der Waals surface area contributed by atoms with Gasteiger partial charge in [0.1, 0.15) is 0 Å². The standard InChI is InChI=1S/C27H40Cl2N4O2/c1-27(2,3)24-17-32(23(14-18-4-5-18)20-6-7-21(28)22(29)16-20)12-13-33(24)25(34)15-19-8-10-31(11-9-19)26(30)35/h6-7,16,18-19,23-24H,4-5,8-15,17H2,1-3H3,(H2,30,35)/t23?,24-/m1/s1. The van der Waals surface area contributed by atoms with Crippen molar-refractivity contribution in [2.75, 3.05) is 32.7 Å². The molecule has 2 heterocycles. The van der Waals surface area contributed by atoms with Gasteiger partial charge in [0.2, 0.25) is 5.91 Å². The van der Waals surface area contributed by atoms with E-state index in [9.17, 15) is 9.59 Å². The molecule has 0 radical (unpaired) electrons. The van der Waals surface area contributed by atoms with Crippen LogP contribution in [0.3, 0.4) is 0 Å². The van der Waals surface area contributed by atoms with Crippen molar-refractivity contribution >= 4 is 35.1 Å². The molecule has 4 rings (SSSR count). The third-order valence-electron chi connectivity index (χ3n) is 8.14. The fourth-order valence-corrected chi connectivity index (χ4v) is 6.04. The predicted octanol–water partition coefficient (Wildman–Crippen LogP) is 5.57. The van der Waals surface area contributed by atoms with Gasteiger partial charge in [-0.25, -0.2) is 4.79 Å². The zero-order chi connectivity index (χ0) is 25.3. The van der Waals surface area contributed by atoms with Crippen LogP contribution in [0.4, 0.5) is 4.79 Å². The number of urea groups is 1. The van der Waals surface area contributed by atoms with Crippen LogP contribution in [0.1, 0.15) is 70.9 Å². The van der Waals surface area contributed by atoms with E-state index in [1.54, 1.807) is 4.90 Å². The summed E-state index contributed by atoms with van der Waals surface area (Å²) in [6.07, 6.45) is 5.96. The minimum absolute atomic E-state index is 0.0363. The first-order valence-corrected chi connectivity index (χ1v) is 13.8.